The molecule has 1 aromatic carbocycles. The Balaban J connectivity index is 1.93. The number of nitrogens with one attached hydrogen (secondary N) is 2. The highest BCUT2D eigenvalue weighted by Crippen LogP contribution is 2.24. The molecule has 0 amide bonds. The third kappa shape index (κ3) is 4.52. The predicted molar refractivity (Wildman–Crippen MR) is 99.9 cm³/mol. The van der Waals surface area contributed by atoms with Crippen LogP contribution in [0.3, 0.4) is 0 Å². The maximum absolute atomic E-state index is 13.3. The standard InChI is InChI=1S/C19H20FN5O/c1-13-11-14(20)6-7-15(13)23-18-12-17(16-5-2-3-8-21-16)24-19(25-18)22-9-4-10-26/h2-3,5-8,11-12,26H,4,9-10H2,1H3,(H2,22,23,24,25). The van der Waals surface area contributed by atoms with Crippen molar-refractivity contribution < 1.29 is 9.50 Å². The number of aliphatic hydroxyl groups is 1. The summed E-state index contributed by atoms with van der Waals surface area (Å²) in [6.45, 7) is 2.47. The average molecular weight is 353 g/mol. The Hall–Kier alpha value is -3.06. The molecular formula is C19H20FN5O. The molecule has 2 heterocycles. The number of rotatable bonds is 7. The van der Waals surface area contributed by atoms with E-state index in [0.29, 0.717) is 30.4 Å². The number of hydrogen-bond donors (Lipinski definition) is 3. The minimum Gasteiger partial charge on any atom is -0.396 e. The van der Waals surface area contributed by atoms with Crippen molar-refractivity contribution in [2.75, 3.05) is 23.8 Å². The molecule has 0 saturated heterocycles. The third-order valence-electron chi connectivity index (χ3n) is 3.72. The number of halogens is 1. The summed E-state index contributed by atoms with van der Waals surface area (Å²) < 4.78 is 13.3. The summed E-state index contributed by atoms with van der Waals surface area (Å²) in [5.41, 5.74) is 2.92. The number of hydrogen-bond acceptors (Lipinski definition) is 6. The summed E-state index contributed by atoms with van der Waals surface area (Å²) in [7, 11) is 0. The van der Waals surface area contributed by atoms with E-state index < -0.39 is 0 Å². The molecular weight excluding hydrogens is 333 g/mol. The fraction of sp³-hybridized carbons (Fsp3) is 0.211. The van der Waals surface area contributed by atoms with Gasteiger partial charge in [0.15, 0.2) is 0 Å². The highest BCUT2D eigenvalue weighted by Gasteiger charge is 2.09. The van der Waals surface area contributed by atoms with Gasteiger partial charge in [-0.05, 0) is 49.2 Å². The van der Waals surface area contributed by atoms with Gasteiger partial charge in [0, 0.05) is 31.1 Å². The van der Waals surface area contributed by atoms with Gasteiger partial charge in [-0.2, -0.15) is 4.98 Å². The fourth-order valence-corrected chi connectivity index (χ4v) is 2.42. The van der Waals surface area contributed by atoms with Crippen LogP contribution in [0.5, 0.6) is 0 Å². The molecule has 0 saturated carbocycles. The van der Waals surface area contributed by atoms with Gasteiger partial charge in [0.05, 0.1) is 11.4 Å². The van der Waals surface area contributed by atoms with E-state index in [2.05, 4.69) is 25.6 Å². The number of anilines is 3. The highest BCUT2D eigenvalue weighted by atomic mass is 19.1. The molecule has 0 spiro atoms. The largest absolute Gasteiger partial charge is 0.396 e. The SMILES string of the molecule is Cc1cc(F)ccc1Nc1cc(-c2ccccn2)nc(NCCCO)n1. The van der Waals surface area contributed by atoms with Crippen LogP contribution in [-0.4, -0.2) is 33.2 Å². The minimum absolute atomic E-state index is 0.0901. The molecule has 7 heteroatoms. The maximum Gasteiger partial charge on any atom is 0.225 e. The fourth-order valence-electron chi connectivity index (χ4n) is 2.42. The molecule has 0 aliphatic heterocycles. The Bertz CT molecular complexity index is 873. The van der Waals surface area contributed by atoms with Gasteiger partial charge >= 0.3 is 0 Å². The van der Waals surface area contributed by atoms with E-state index in [9.17, 15) is 4.39 Å². The van der Waals surface area contributed by atoms with Crippen molar-refractivity contribution in [1.29, 1.82) is 0 Å². The Morgan fingerprint density at radius 1 is 1.08 bits per heavy atom. The van der Waals surface area contributed by atoms with Crippen molar-refractivity contribution in [3.8, 4) is 11.4 Å². The Kier molecular flexibility index (Phi) is 5.70. The van der Waals surface area contributed by atoms with E-state index in [0.717, 1.165) is 16.9 Å². The molecule has 26 heavy (non-hydrogen) atoms. The van der Waals surface area contributed by atoms with Gasteiger partial charge in [-0.25, -0.2) is 9.37 Å². The zero-order valence-corrected chi connectivity index (χ0v) is 14.4. The van der Waals surface area contributed by atoms with E-state index in [1.165, 1.54) is 12.1 Å². The molecule has 2 aromatic heterocycles. The smallest absolute Gasteiger partial charge is 0.225 e. The number of benzene rings is 1. The van der Waals surface area contributed by atoms with Gasteiger partial charge in [0.2, 0.25) is 5.95 Å². The van der Waals surface area contributed by atoms with Crippen molar-refractivity contribution in [2.24, 2.45) is 0 Å². The van der Waals surface area contributed by atoms with Gasteiger partial charge in [-0.15, -0.1) is 0 Å². The molecule has 134 valence electrons. The van der Waals surface area contributed by atoms with Crippen LogP contribution in [0.2, 0.25) is 0 Å². The molecule has 0 fully saturated rings. The molecule has 3 N–H and O–H groups in total. The first-order valence-corrected chi connectivity index (χ1v) is 8.34. The number of aromatic nitrogens is 3. The van der Waals surface area contributed by atoms with E-state index in [1.54, 1.807) is 18.3 Å². The molecule has 3 aromatic rings. The lowest BCUT2D eigenvalue weighted by Crippen LogP contribution is -2.09. The first kappa shape index (κ1) is 17.8. The number of aryl methyl sites for hydroxylation is 1. The zero-order valence-electron chi connectivity index (χ0n) is 14.4. The lowest BCUT2D eigenvalue weighted by atomic mass is 10.2. The summed E-state index contributed by atoms with van der Waals surface area (Å²) in [4.78, 5) is 13.3. The maximum atomic E-state index is 13.3. The van der Waals surface area contributed by atoms with Gasteiger partial charge in [-0.1, -0.05) is 6.07 Å². The normalized spacial score (nSPS) is 10.6. The molecule has 6 nitrogen and oxygen atoms in total. The van der Waals surface area contributed by atoms with Crippen LogP contribution in [0.4, 0.5) is 21.8 Å². The van der Waals surface area contributed by atoms with Crippen molar-refractivity contribution >= 4 is 17.5 Å². The van der Waals surface area contributed by atoms with Crippen LogP contribution in [-0.2, 0) is 0 Å². The molecule has 0 unspecified atom stereocenters. The number of pyridine rings is 1. The van der Waals surface area contributed by atoms with Gasteiger partial charge < -0.3 is 15.7 Å². The van der Waals surface area contributed by atoms with Crippen LogP contribution < -0.4 is 10.6 Å². The van der Waals surface area contributed by atoms with E-state index in [4.69, 9.17) is 5.11 Å². The number of aliphatic hydroxyl groups excluding tert-OH is 1. The second-order valence-corrected chi connectivity index (χ2v) is 5.77. The summed E-state index contributed by atoms with van der Waals surface area (Å²) in [6.07, 6.45) is 2.30. The first-order chi connectivity index (χ1) is 12.7. The van der Waals surface area contributed by atoms with Crippen LogP contribution in [0.25, 0.3) is 11.4 Å². The van der Waals surface area contributed by atoms with Crippen molar-refractivity contribution in [2.45, 2.75) is 13.3 Å². The van der Waals surface area contributed by atoms with Gasteiger partial charge in [-0.3, -0.25) is 4.98 Å². The van der Waals surface area contributed by atoms with Crippen molar-refractivity contribution in [3.63, 3.8) is 0 Å². The predicted octanol–water partition coefficient (Wildman–Crippen LogP) is 3.52. The van der Waals surface area contributed by atoms with Gasteiger partial charge in [0.25, 0.3) is 0 Å². The van der Waals surface area contributed by atoms with Gasteiger partial charge in [0.1, 0.15) is 11.6 Å². The molecule has 0 aliphatic carbocycles. The van der Waals surface area contributed by atoms with Crippen LogP contribution in [0.15, 0.2) is 48.7 Å². The van der Waals surface area contributed by atoms with E-state index >= 15 is 0 Å². The monoisotopic (exact) mass is 353 g/mol. The molecule has 0 atom stereocenters. The molecule has 0 aliphatic rings. The van der Waals surface area contributed by atoms with Crippen LogP contribution in [0.1, 0.15) is 12.0 Å². The quantitative estimate of drug-likeness (QED) is 0.564. The lowest BCUT2D eigenvalue weighted by Gasteiger charge is -2.12. The summed E-state index contributed by atoms with van der Waals surface area (Å²) in [6, 6.07) is 11.9. The number of nitrogens with zero attached hydrogens (tertiary/aromatic N) is 3. The summed E-state index contributed by atoms with van der Waals surface area (Å²) in [5, 5.41) is 15.2. The Morgan fingerprint density at radius 2 is 1.96 bits per heavy atom. The lowest BCUT2D eigenvalue weighted by molar-refractivity contribution is 0.292. The van der Waals surface area contributed by atoms with E-state index in [-0.39, 0.29) is 12.4 Å². The Morgan fingerprint density at radius 3 is 2.69 bits per heavy atom. The first-order valence-electron chi connectivity index (χ1n) is 8.34. The third-order valence-corrected chi connectivity index (χ3v) is 3.72. The average Bonchev–Trinajstić information content (AvgIpc) is 2.65. The Labute approximate surface area is 151 Å². The highest BCUT2D eigenvalue weighted by molar-refractivity contribution is 5.66. The van der Waals surface area contributed by atoms with Crippen LogP contribution in [0, 0.1) is 12.7 Å². The minimum atomic E-state index is -0.281. The second kappa shape index (κ2) is 8.35. The zero-order chi connectivity index (χ0) is 18.4. The molecule has 0 bridgehead atoms. The summed E-state index contributed by atoms with van der Waals surface area (Å²) >= 11 is 0. The van der Waals surface area contributed by atoms with Crippen molar-refractivity contribution in [3.05, 3.63) is 60.0 Å². The molecule has 3 rings (SSSR count). The summed E-state index contributed by atoms with van der Waals surface area (Å²) in [5.74, 6) is 0.724. The van der Waals surface area contributed by atoms with Crippen LogP contribution >= 0.6 is 0 Å². The molecule has 0 radical (unpaired) electrons. The van der Waals surface area contributed by atoms with Crippen molar-refractivity contribution in [1.82, 2.24) is 15.0 Å². The topological polar surface area (TPSA) is 83.0 Å². The van der Waals surface area contributed by atoms with E-state index in [1.807, 2.05) is 25.1 Å². The second-order valence-electron chi connectivity index (χ2n) is 5.77.